The average Bonchev–Trinajstić information content (AvgIpc) is 2.98. The van der Waals surface area contributed by atoms with Crippen LogP contribution in [0.4, 0.5) is 0 Å². The number of carbonyl (C=O) groups is 2. The molecular formula is C14H16N2O5. The van der Waals surface area contributed by atoms with Crippen LogP contribution in [0.3, 0.4) is 0 Å². The van der Waals surface area contributed by atoms with Gasteiger partial charge in [-0.2, -0.15) is 0 Å². The number of hydrogen-bond donors (Lipinski definition) is 3. The summed E-state index contributed by atoms with van der Waals surface area (Å²) >= 11 is 0. The molecule has 112 valence electrons. The van der Waals surface area contributed by atoms with Gasteiger partial charge in [0, 0.05) is 12.2 Å². The number of benzene rings is 1. The Bertz CT molecular complexity index is 489. The minimum atomic E-state index is -1.26. The molecule has 1 heterocycles. The minimum Gasteiger partial charge on any atom is -0.491 e. The Kier molecular flexibility index (Phi) is 7.06. The van der Waals surface area contributed by atoms with E-state index in [9.17, 15) is 9.59 Å². The predicted molar refractivity (Wildman–Crippen MR) is 76.6 cm³/mol. The summed E-state index contributed by atoms with van der Waals surface area (Å²) in [5.74, 6) is -1.60. The van der Waals surface area contributed by atoms with Crippen LogP contribution in [-0.2, 0) is 9.59 Å². The van der Waals surface area contributed by atoms with Crippen molar-refractivity contribution in [1.29, 1.82) is 0 Å². The lowest BCUT2D eigenvalue weighted by Crippen LogP contribution is -2.31. The first kappa shape index (κ1) is 16.2. The molecule has 2 rings (SSSR count). The molecule has 21 heavy (non-hydrogen) atoms. The van der Waals surface area contributed by atoms with Gasteiger partial charge in [-0.15, -0.1) is 0 Å². The Morgan fingerprint density at radius 2 is 1.86 bits per heavy atom. The van der Waals surface area contributed by atoms with E-state index in [-0.39, 0.29) is 0 Å². The molecule has 0 spiro atoms. The summed E-state index contributed by atoms with van der Waals surface area (Å²) in [6, 6.07) is 10.2. The molecule has 0 fully saturated rings. The Balaban J connectivity index is 0.000000240. The van der Waals surface area contributed by atoms with Crippen LogP contribution in [0.1, 0.15) is 0 Å². The molecule has 1 aliphatic rings. The third-order valence-corrected chi connectivity index (χ3v) is 2.29. The number of nitrogens with one attached hydrogen (secondary N) is 1. The van der Waals surface area contributed by atoms with Crippen LogP contribution >= 0.6 is 0 Å². The molecule has 7 heteroatoms. The van der Waals surface area contributed by atoms with Crippen LogP contribution in [-0.4, -0.2) is 47.7 Å². The molecule has 3 N–H and O–H groups in total. The van der Waals surface area contributed by atoms with E-state index in [1.807, 2.05) is 30.3 Å². The van der Waals surface area contributed by atoms with Crippen LogP contribution in [0.25, 0.3) is 0 Å². The highest BCUT2D eigenvalue weighted by Crippen LogP contribution is 2.08. The number of nitrogens with zero attached hydrogens (tertiary/aromatic N) is 1. The van der Waals surface area contributed by atoms with Gasteiger partial charge in [0.2, 0.25) is 0 Å². The largest absolute Gasteiger partial charge is 0.491 e. The smallest absolute Gasteiger partial charge is 0.328 e. The number of rotatable bonds is 5. The Labute approximate surface area is 121 Å². The zero-order valence-corrected chi connectivity index (χ0v) is 11.2. The highest BCUT2D eigenvalue weighted by Gasteiger charge is 2.10. The van der Waals surface area contributed by atoms with E-state index in [2.05, 4.69) is 10.3 Å². The molecule has 0 radical (unpaired) electrons. The SMILES string of the molecule is C1=NCC(COc2ccccc2)N1.O=C(O)C=CC(=O)O. The normalized spacial score (nSPS) is 15.9. The molecule has 0 saturated heterocycles. The van der Waals surface area contributed by atoms with Gasteiger partial charge < -0.3 is 20.3 Å². The second-order valence-electron chi connectivity index (χ2n) is 3.99. The third kappa shape index (κ3) is 8.04. The maximum atomic E-state index is 9.55. The van der Waals surface area contributed by atoms with Crippen molar-refractivity contribution in [2.75, 3.05) is 13.2 Å². The van der Waals surface area contributed by atoms with E-state index in [1.54, 1.807) is 6.34 Å². The molecule has 1 aliphatic heterocycles. The fraction of sp³-hybridized carbons (Fsp3) is 0.214. The fourth-order valence-corrected chi connectivity index (χ4v) is 1.35. The monoisotopic (exact) mass is 292 g/mol. The van der Waals surface area contributed by atoms with Crippen molar-refractivity contribution in [2.45, 2.75) is 6.04 Å². The van der Waals surface area contributed by atoms with Crippen LogP contribution in [0.5, 0.6) is 5.75 Å². The summed E-state index contributed by atoms with van der Waals surface area (Å²) in [5, 5.41) is 18.7. The standard InChI is InChI=1S/C10H12N2O.C4H4O4/c1-2-4-10(5-3-1)13-7-9-6-11-8-12-9;5-3(6)1-2-4(7)8/h1-5,8-9H,6-7H2,(H,11,12);1-2H,(H,5,6)(H,7,8). The van der Waals surface area contributed by atoms with Crippen molar-refractivity contribution in [2.24, 2.45) is 4.99 Å². The zero-order chi connectivity index (χ0) is 15.5. The minimum absolute atomic E-state index is 0.334. The van der Waals surface area contributed by atoms with Crippen molar-refractivity contribution in [3.63, 3.8) is 0 Å². The maximum Gasteiger partial charge on any atom is 0.328 e. The lowest BCUT2D eigenvalue weighted by molar-refractivity contribution is -0.134. The molecule has 0 aromatic heterocycles. The molecule has 1 aromatic rings. The van der Waals surface area contributed by atoms with E-state index in [1.165, 1.54) is 0 Å². The lowest BCUT2D eigenvalue weighted by atomic mass is 10.3. The van der Waals surface area contributed by atoms with Gasteiger partial charge >= 0.3 is 11.9 Å². The lowest BCUT2D eigenvalue weighted by Gasteiger charge is -2.11. The van der Waals surface area contributed by atoms with Gasteiger partial charge in [0.25, 0.3) is 0 Å². The summed E-state index contributed by atoms with van der Waals surface area (Å²) in [4.78, 5) is 23.2. The molecule has 0 aliphatic carbocycles. The van der Waals surface area contributed by atoms with Gasteiger partial charge in [0.15, 0.2) is 0 Å². The van der Waals surface area contributed by atoms with E-state index in [0.717, 1.165) is 12.3 Å². The fourth-order valence-electron chi connectivity index (χ4n) is 1.35. The van der Waals surface area contributed by atoms with E-state index >= 15 is 0 Å². The maximum absolute atomic E-state index is 9.55. The van der Waals surface area contributed by atoms with Gasteiger partial charge in [0.1, 0.15) is 12.4 Å². The first-order chi connectivity index (χ1) is 10.1. The number of para-hydroxylation sites is 1. The summed E-state index contributed by atoms with van der Waals surface area (Å²) in [6.45, 7) is 1.48. The Morgan fingerprint density at radius 3 is 2.33 bits per heavy atom. The first-order valence-electron chi connectivity index (χ1n) is 6.14. The number of hydrogen-bond acceptors (Lipinski definition) is 5. The third-order valence-electron chi connectivity index (χ3n) is 2.29. The number of carboxylic acid groups (broad SMARTS) is 2. The van der Waals surface area contributed by atoms with Gasteiger partial charge in [0.05, 0.1) is 18.9 Å². The Morgan fingerprint density at radius 1 is 1.24 bits per heavy atom. The van der Waals surface area contributed by atoms with E-state index in [0.29, 0.717) is 24.8 Å². The summed E-state index contributed by atoms with van der Waals surface area (Å²) < 4.78 is 5.55. The quantitative estimate of drug-likeness (QED) is 0.692. The molecule has 0 bridgehead atoms. The molecule has 7 nitrogen and oxygen atoms in total. The number of carboxylic acids is 2. The summed E-state index contributed by atoms with van der Waals surface area (Å²) in [6.07, 6.45) is 2.85. The average molecular weight is 292 g/mol. The molecular weight excluding hydrogens is 276 g/mol. The summed E-state index contributed by atoms with van der Waals surface area (Å²) in [5.41, 5.74) is 0. The van der Waals surface area contributed by atoms with Crippen molar-refractivity contribution >= 4 is 18.3 Å². The second kappa shape index (κ2) is 9.13. The van der Waals surface area contributed by atoms with Crippen molar-refractivity contribution in [3.8, 4) is 5.75 Å². The number of aliphatic carboxylic acids is 2. The van der Waals surface area contributed by atoms with Crippen molar-refractivity contribution < 1.29 is 24.5 Å². The first-order valence-corrected chi connectivity index (χ1v) is 6.14. The molecule has 1 atom stereocenters. The van der Waals surface area contributed by atoms with Gasteiger partial charge in [-0.05, 0) is 12.1 Å². The van der Waals surface area contributed by atoms with Gasteiger partial charge in [-0.1, -0.05) is 18.2 Å². The van der Waals surface area contributed by atoms with Crippen LogP contribution in [0.15, 0.2) is 47.5 Å². The second-order valence-corrected chi connectivity index (χ2v) is 3.99. The number of aliphatic imine (C=N–C) groups is 1. The highest BCUT2D eigenvalue weighted by molar-refractivity contribution is 5.89. The van der Waals surface area contributed by atoms with Crippen LogP contribution in [0, 0.1) is 0 Å². The van der Waals surface area contributed by atoms with Gasteiger partial charge in [-0.3, -0.25) is 4.99 Å². The van der Waals surface area contributed by atoms with Crippen LogP contribution in [0.2, 0.25) is 0 Å². The van der Waals surface area contributed by atoms with Crippen molar-refractivity contribution in [1.82, 2.24) is 5.32 Å². The highest BCUT2D eigenvalue weighted by atomic mass is 16.5. The van der Waals surface area contributed by atoms with Crippen molar-refractivity contribution in [3.05, 3.63) is 42.5 Å². The van der Waals surface area contributed by atoms with Crippen LogP contribution < -0.4 is 10.1 Å². The Hall–Kier alpha value is -2.83. The van der Waals surface area contributed by atoms with Gasteiger partial charge in [-0.25, -0.2) is 9.59 Å². The molecule has 1 aromatic carbocycles. The van der Waals surface area contributed by atoms with E-state index in [4.69, 9.17) is 14.9 Å². The summed E-state index contributed by atoms with van der Waals surface area (Å²) in [7, 11) is 0. The molecule has 0 amide bonds. The zero-order valence-electron chi connectivity index (χ0n) is 11.2. The van der Waals surface area contributed by atoms with E-state index < -0.39 is 11.9 Å². The number of ether oxygens (including phenoxy) is 1. The molecule has 1 unspecified atom stereocenters. The predicted octanol–water partition coefficient (Wildman–Crippen LogP) is 0.777. The topological polar surface area (TPSA) is 108 Å². The molecule has 0 saturated carbocycles.